The van der Waals surface area contributed by atoms with Crippen LogP contribution in [0.15, 0.2) is 35.5 Å². The van der Waals surface area contributed by atoms with E-state index in [1.54, 1.807) is 0 Å². The topological polar surface area (TPSA) is 60.2 Å². The summed E-state index contributed by atoms with van der Waals surface area (Å²) in [6.07, 6.45) is 0.858. The van der Waals surface area contributed by atoms with Crippen LogP contribution >= 0.6 is 11.8 Å². The van der Waals surface area contributed by atoms with E-state index in [9.17, 15) is 4.79 Å². The number of benzene rings is 1. The number of nitrogens with zero attached hydrogens (tertiary/aromatic N) is 4. The van der Waals surface area contributed by atoms with Gasteiger partial charge in [0, 0.05) is 26.1 Å². The van der Waals surface area contributed by atoms with Gasteiger partial charge in [0.05, 0.1) is 18.5 Å². The molecule has 7 heteroatoms. The van der Waals surface area contributed by atoms with Gasteiger partial charge in [-0.25, -0.2) is 0 Å². The molecule has 2 heterocycles. The molecule has 1 atom stereocenters. The minimum absolute atomic E-state index is 0.111. The minimum atomic E-state index is 0.111. The molecule has 1 aliphatic rings. The number of hydrogen-bond donors (Lipinski definition) is 0. The molecule has 0 aliphatic carbocycles. The summed E-state index contributed by atoms with van der Waals surface area (Å²) in [6, 6.07) is 10.2. The van der Waals surface area contributed by atoms with Gasteiger partial charge in [-0.1, -0.05) is 42.1 Å². The molecule has 134 valence electrons. The molecule has 6 nitrogen and oxygen atoms in total. The summed E-state index contributed by atoms with van der Waals surface area (Å²) < 4.78 is 7.58. The van der Waals surface area contributed by atoms with Gasteiger partial charge < -0.3 is 14.2 Å². The number of thioether (sulfide) groups is 1. The van der Waals surface area contributed by atoms with Crippen molar-refractivity contribution in [2.45, 2.75) is 38.1 Å². The van der Waals surface area contributed by atoms with Crippen LogP contribution in [0.3, 0.4) is 0 Å². The molecule has 1 aromatic carbocycles. The SMILES string of the molecule is CCn1c(Cc2ccccc2)nnc1SCC(=O)N1CCOC(C)C1. The predicted molar refractivity (Wildman–Crippen MR) is 97.7 cm³/mol. The maximum absolute atomic E-state index is 12.4. The molecule has 2 aromatic rings. The van der Waals surface area contributed by atoms with E-state index in [0.29, 0.717) is 25.4 Å². The third kappa shape index (κ3) is 4.61. The molecule has 1 aromatic heterocycles. The number of amides is 1. The third-order valence-electron chi connectivity index (χ3n) is 4.23. The Morgan fingerprint density at radius 1 is 1.32 bits per heavy atom. The lowest BCUT2D eigenvalue weighted by atomic mass is 10.1. The lowest BCUT2D eigenvalue weighted by molar-refractivity contribution is -0.135. The van der Waals surface area contributed by atoms with Crippen LogP contribution in [0, 0.1) is 0 Å². The molecule has 1 unspecified atom stereocenters. The molecule has 0 bridgehead atoms. The van der Waals surface area contributed by atoms with Gasteiger partial charge in [0.1, 0.15) is 5.82 Å². The van der Waals surface area contributed by atoms with Gasteiger partial charge in [-0.05, 0) is 19.4 Å². The van der Waals surface area contributed by atoms with Crippen molar-refractivity contribution >= 4 is 17.7 Å². The van der Waals surface area contributed by atoms with Crippen molar-refractivity contribution < 1.29 is 9.53 Å². The summed E-state index contributed by atoms with van der Waals surface area (Å²) in [6.45, 7) is 6.82. The van der Waals surface area contributed by atoms with E-state index in [0.717, 1.165) is 23.9 Å². The summed E-state index contributed by atoms with van der Waals surface area (Å²) >= 11 is 1.46. The van der Waals surface area contributed by atoms with Crippen LogP contribution in [0.5, 0.6) is 0 Å². The van der Waals surface area contributed by atoms with Crippen LogP contribution in [-0.4, -0.2) is 57.1 Å². The number of morpholine rings is 1. The van der Waals surface area contributed by atoms with E-state index < -0.39 is 0 Å². The lowest BCUT2D eigenvalue weighted by Crippen LogP contribution is -2.45. The molecule has 0 spiro atoms. The monoisotopic (exact) mass is 360 g/mol. The molecule has 0 radical (unpaired) electrons. The van der Waals surface area contributed by atoms with Crippen molar-refractivity contribution in [1.29, 1.82) is 0 Å². The first-order valence-electron chi connectivity index (χ1n) is 8.65. The van der Waals surface area contributed by atoms with Crippen LogP contribution < -0.4 is 0 Å². The largest absolute Gasteiger partial charge is 0.375 e. The van der Waals surface area contributed by atoms with E-state index in [1.807, 2.05) is 30.0 Å². The first-order chi connectivity index (χ1) is 12.2. The summed E-state index contributed by atoms with van der Waals surface area (Å²) in [5.74, 6) is 1.45. The first kappa shape index (κ1) is 17.9. The molecule has 0 saturated carbocycles. The van der Waals surface area contributed by atoms with Crippen LogP contribution in [0.25, 0.3) is 0 Å². The Bertz CT molecular complexity index is 704. The van der Waals surface area contributed by atoms with Crippen LogP contribution in [0.4, 0.5) is 0 Å². The minimum Gasteiger partial charge on any atom is -0.375 e. The molecule has 3 rings (SSSR count). The average molecular weight is 360 g/mol. The van der Waals surface area contributed by atoms with Crippen molar-refractivity contribution in [2.75, 3.05) is 25.4 Å². The van der Waals surface area contributed by atoms with E-state index in [1.165, 1.54) is 17.3 Å². The van der Waals surface area contributed by atoms with Crippen molar-refractivity contribution in [3.05, 3.63) is 41.7 Å². The van der Waals surface area contributed by atoms with Gasteiger partial charge in [-0.3, -0.25) is 4.79 Å². The molecule has 1 amide bonds. The predicted octanol–water partition coefficient (Wildman–Crippen LogP) is 2.23. The van der Waals surface area contributed by atoms with Gasteiger partial charge in [-0.2, -0.15) is 0 Å². The van der Waals surface area contributed by atoms with E-state index in [-0.39, 0.29) is 12.0 Å². The molecule has 1 aliphatic heterocycles. The highest BCUT2D eigenvalue weighted by molar-refractivity contribution is 7.99. The Morgan fingerprint density at radius 3 is 2.84 bits per heavy atom. The molecular weight excluding hydrogens is 336 g/mol. The zero-order valence-corrected chi connectivity index (χ0v) is 15.5. The molecule has 1 fully saturated rings. The van der Waals surface area contributed by atoms with Crippen molar-refractivity contribution in [1.82, 2.24) is 19.7 Å². The second-order valence-corrected chi connectivity index (χ2v) is 7.06. The Labute approximate surface area is 152 Å². The lowest BCUT2D eigenvalue weighted by Gasteiger charge is -2.31. The zero-order chi connectivity index (χ0) is 17.6. The summed E-state index contributed by atoms with van der Waals surface area (Å²) in [5.41, 5.74) is 1.21. The van der Waals surface area contributed by atoms with Gasteiger partial charge in [0.25, 0.3) is 0 Å². The number of carbonyl (C=O) groups is 1. The van der Waals surface area contributed by atoms with E-state index >= 15 is 0 Å². The highest BCUT2D eigenvalue weighted by Crippen LogP contribution is 2.20. The van der Waals surface area contributed by atoms with E-state index in [2.05, 4.69) is 33.8 Å². The average Bonchev–Trinajstić information content (AvgIpc) is 3.02. The quantitative estimate of drug-likeness (QED) is 0.740. The van der Waals surface area contributed by atoms with Crippen molar-refractivity contribution in [3.63, 3.8) is 0 Å². The van der Waals surface area contributed by atoms with Gasteiger partial charge >= 0.3 is 0 Å². The number of hydrogen-bond acceptors (Lipinski definition) is 5. The highest BCUT2D eigenvalue weighted by atomic mass is 32.2. The highest BCUT2D eigenvalue weighted by Gasteiger charge is 2.22. The number of aromatic nitrogens is 3. The van der Waals surface area contributed by atoms with Crippen LogP contribution in [-0.2, 0) is 22.5 Å². The van der Waals surface area contributed by atoms with Gasteiger partial charge in [0.2, 0.25) is 5.91 Å². The summed E-state index contributed by atoms with van der Waals surface area (Å²) in [4.78, 5) is 14.3. The molecule has 0 N–H and O–H groups in total. The second-order valence-electron chi connectivity index (χ2n) is 6.12. The summed E-state index contributed by atoms with van der Waals surface area (Å²) in [5, 5.41) is 9.44. The maximum Gasteiger partial charge on any atom is 0.233 e. The normalized spacial score (nSPS) is 17.7. The van der Waals surface area contributed by atoms with Crippen molar-refractivity contribution in [3.8, 4) is 0 Å². The van der Waals surface area contributed by atoms with Crippen LogP contribution in [0.2, 0.25) is 0 Å². The first-order valence-corrected chi connectivity index (χ1v) is 9.64. The zero-order valence-electron chi connectivity index (χ0n) is 14.7. The smallest absolute Gasteiger partial charge is 0.233 e. The number of rotatable bonds is 6. The Kier molecular flexibility index (Phi) is 6.09. The van der Waals surface area contributed by atoms with Crippen molar-refractivity contribution in [2.24, 2.45) is 0 Å². The Hall–Kier alpha value is -1.86. The van der Waals surface area contributed by atoms with Crippen LogP contribution in [0.1, 0.15) is 25.2 Å². The van der Waals surface area contributed by atoms with Gasteiger partial charge in [-0.15, -0.1) is 10.2 Å². The third-order valence-corrected chi connectivity index (χ3v) is 5.18. The fraction of sp³-hybridized carbons (Fsp3) is 0.500. The fourth-order valence-electron chi connectivity index (χ4n) is 2.92. The Balaban J connectivity index is 1.62. The fourth-order valence-corrected chi connectivity index (χ4v) is 3.84. The molecule has 25 heavy (non-hydrogen) atoms. The van der Waals surface area contributed by atoms with Gasteiger partial charge in [0.15, 0.2) is 5.16 Å². The maximum atomic E-state index is 12.4. The number of ether oxygens (including phenoxy) is 1. The molecule has 1 saturated heterocycles. The standard InChI is InChI=1S/C18H24N4O2S/c1-3-22-16(11-15-7-5-4-6-8-15)19-20-18(22)25-13-17(23)21-9-10-24-14(2)12-21/h4-8,14H,3,9-13H2,1-2H3. The van der Waals surface area contributed by atoms with E-state index in [4.69, 9.17) is 4.74 Å². The Morgan fingerprint density at radius 2 is 2.12 bits per heavy atom. The molecular formula is C18H24N4O2S. The second kappa shape index (κ2) is 8.49. The number of carbonyl (C=O) groups excluding carboxylic acids is 1. The summed E-state index contributed by atoms with van der Waals surface area (Å²) in [7, 11) is 0.